The highest BCUT2D eigenvalue weighted by atomic mass is 16.4. The maximum Gasteiger partial charge on any atom is 0.335 e. The van der Waals surface area contributed by atoms with Crippen LogP contribution in [0.2, 0.25) is 0 Å². The van der Waals surface area contributed by atoms with E-state index in [1.165, 1.54) is 12.5 Å². The molecule has 0 saturated heterocycles. The molecule has 0 radical (unpaired) electrons. The molecule has 3 aliphatic rings. The van der Waals surface area contributed by atoms with Gasteiger partial charge >= 0.3 is 5.97 Å². The Morgan fingerprint density at radius 1 is 1.30 bits per heavy atom. The zero-order valence-corrected chi connectivity index (χ0v) is 20.3. The summed E-state index contributed by atoms with van der Waals surface area (Å²) in [6, 6.07) is 0. The quantitative estimate of drug-likeness (QED) is 0.393. The molecule has 33 heavy (non-hydrogen) atoms. The zero-order chi connectivity index (χ0) is 24.6. The maximum atomic E-state index is 11.2. The van der Waals surface area contributed by atoms with Crippen LogP contribution in [-0.4, -0.2) is 55.4 Å². The van der Waals surface area contributed by atoms with E-state index < -0.39 is 29.9 Å². The summed E-state index contributed by atoms with van der Waals surface area (Å²) >= 11 is 0. The van der Waals surface area contributed by atoms with E-state index in [-0.39, 0.29) is 17.8 Å². The first-order valence-electron chi connectivity index (χ1n) is 12.4. The number of aliphatic hydroxyl groups is 4. The van der Waals surface area contributed by atoms with Gasteiger partial charge in [0.15, 0.2) is 5.60 Å². The molecular formula is C27H42O6. The first kappa shape index (κ1) is 26.1. The van der Waals surface area contributed by atoms with Gasteiger partial charge in [-0.25, -0.2) is 4.79 Å². The highest BCUT2D eigenvalue weighted by molar-refractivity contribution is 5.76. The first-order chi connectivity index (χ1) is 15.3. The number of carbonyl (C=O) groups is 1. The molecule has 0 unspecified atom stereocenters. The molecule has 3 saturated carbocycles. The number of allylic oxidation sites excluding steroid dienone is 3. The van der Waals surface area contributed by atoms with Gasteiger partial charge in [0.25, 0.3) is 0 Å². The minimum Gasteiger partial charge on any atom is -0.479 e. The number of carboxylic acid groups (broad SMARTS) is 1. The number of hydrogen-bond acceptors (Lipinski definition) is 5. The maximum absolute atomic E-state index is 11.2. The van der Waals surface area contributed by atoms with E-state index in [1.54, 1.807) is 0 Å². The Balaban J connectivity index is 1.71. The van der Waals surface area contributed by atoms with Crippen molar-refractivity contribution in [3.05, 3.63) is 35.5 Å². The fourth-order valence-corrected chi connectivity index (χ4v) is 6.90. The standard InChI is InChI=1S/C27H42O6/c1-16(12-21(29)15-27(4,33)25(31)32)22-9-10-23-18(6-5-11-26(22,23)3)7-8-19-13-20(28)14-24(30)17(19)2/h7-8,16,20-24,28-30,33H,2,5-6,9-15H2,1,3-4H3,(H,31,32)/t16-,20+,21+,22-,23+,24-,26-,27+/m1/s1. The predicted octanol–water partition coefficient (Wildman–Crippen LogP) is 3.74. The normalized spacial score (nSPS) is 38.7. The third kappa shape index (κ3) is 5.61. The lowest BCUT2D eigenvalue weighted by atomic mass is 9.60. The van der Waals surface area contributed by atoms with Crippen molar-refractivity contribution in [1.29, 1.82) is 0 Å². The van der Waals surface area contributed by atoms with Crippen LogP contribution in [0.25, 0.3) is 0 Å². The Morgan fingerprint density at radius 2 is 2.00 bits per heavy atom. The van der Waals surface area contributed by atoms with Crippen LogP contribution in [0.15, 0.2) is 35.5 Å². The van der Waals surface area contributed by atoms with Crippen molar-refractivity contribution in [3.63, 3.8) is 0 Å². The van der Waals surface area contributed by atoms with Crippen LogP contribution >= 0.6 is 0 Å². The summed E-state index contributed by atoms with van der Waals surface area (Å²) in [5, 5.41) is 49.8. The number of fused-ring (bicyclic) bond motifs is 1. The summed E-state index contributed by atoms with van der Waals surface area (Å²) in [5.41, 5.74) is 1.26. The van der Waals surface area contributed by atoms with Gasteiger partial charge < -0.3 is 25.5 Å². The molecule has 0 amide bonds. The smallest absolute Gasteiger partial charge is 0.335 e. The van der Waals surface area contributed by atoms with Crippen molar-refractivity contribution < 1.29 is 30.3 Å². The van der Waals surface area contributed by atoms with Crippen LogP contribution < -0.4 is 0 Å². The summed E-state index contributed by atoms with van der Waals surface area (Å²) in [7, 11) is 0. The van der Waals surface area contributed by atoms with Gasteiger partial charge in [0.05, 0.1) is 18.3 Å². The van der Waals surface area contributed by atoms with Gasteiger partial charge in [0.1, 0.15) is 0 Å². The van der Waals surface area contributed by atoms with Crippen LogP contribution in [-0.2, 0) is 4.79 Å². The van der Waals surface area contributed by atoms with E-state index >= 15 is 0 Å². The predicted molar refractivity (Wildman–Crippen MR) is 127 cm³/mol. The van der Waals surface area contributed by atoms with E-state index in [4.69, 9.17) is 5.11 Å². The fraction of sp³-hybridized carbons (Fsp3) is 0.741. The van der Waals surface area contributed by atoms with Gasteiger partial charge in [-0.05, 0) is 86.2 Å². The molecule has 0 aromatic rings. The second-order valence-corrected chi connectivity index (χ2v) is 11.3. The fourth-order valence-electron chi connectivity index (χ4n) is 6.90. The summed E-state index contributed by atoms with van der Waals surface area (Å²) < 4.78 is 0. The number of hydrogen-bond donors (Lipinski definition) is 5. The van der Waals surface area contributed by atoms with Gasteiger partial charge in [-0.3, -0.25) is 0 Å². The lowest BCUT2D eigenvalue weighted by Crippen LogP contribution is -2.40. The van der Waals surface area contributed by atoms with E-state index in [9.17, 15) is 25.2 Å². The Labute approximate surface area is 197 Å². The van der Waals surface area contributed by atoms with Crippen molar-refractivity contribution in [2.75, 3.05) is 0 Å². The first-order valence-corrected chi connectivity index (χ1v) is 12.4. The monoisotopic (exact) mass is 462 g/mol. The third-order valence-corrected chi connectivity index (χ3v) is 8.73. The van der Waals surface area contributed by atoms with E-state index in [1.807, 2.05) is 6.08 Å². The molecule has 6 heteroatoms. The minimum absolute atomic E-state index is 0.125. The number of rotatable bonds is 7. The third-order valence-electron chi connectivity index (χ3n) is 8.73. The zero-order valence-electron chi connectivity index (χ0n) is 20.3. The van der Waals surface area contributed by atoms with Gasteiger partial charge in [-0.1, -0.05) is 38.2 Å². The van der Waals surface area contributed by atoms with Crippen molar-refractivity contribution in [3.8, 4) is 0 Å². The Morgan fingerprint density at radius 3 is 2.67 bits per heavy atom. The Kier molecular flexibility index (Phi) is 7.94. The molecule has 186 valence electrons. The molecule has 3 aliphatic carbocycles. The summed E-state index contributed by atoms with van der Waals surface area (Å²) in [6.45, 7) is 9.76. The van der Waals surface area contributed by atoms with Gasteiger partial charge in [-0.15, -0.1) is 0 Å². The van der Waals surface area contributed by atoms with E-state index in [0.29, 0.717) is 36.7 Å². The molecular weight excluding hydrogens is 420 g/mol. The molecule has 0 aromatic heterocycles. The molecule has 3 rings (SSSR count). The Hall–Kier alpha value is -1.47. The second kappa shape index (κ2) is 10.0. The van der Waals surface area contributed by atoms with Crippen molar-refractivity contribution in [1.82, 2.24) is 0 Å². The summed E-state index contributed by atoms with van der Waals surface area (Å²) in [6.07, 6.45) is 8.81. The highest BCUT2D eigenvalue weighted by Crippen LogP contribution is 2.60. The number of carboxylic acids is 1. The topological polar surface area (TPSA) is 118 Å². The highest BCUT2D eigenvalue weighted by Gasteiger charge is 2.51. The van der Waals surface area contributed by atoms with Crippen LogP contribution in [0.4, 0.5) is 0 Å². The Bertz CT molecular complexity index is 811. The molecule has 0 aromatic carbocycles. The average molecular weight is 463 g/mol. The molecule has 6 nitrogen and oxygen atoms in total. The molecule has 3 fully saturated rings. The van der Waals surface area contributed by atoms with Gasteiger partial charge in [-0.2, -0.15) is 0 Å². The summed E-state index contributed by atoms with van der Waals surface area (Å²) in [5.74, 6) is -0.197. The van der Waals surface area contributed by atoms with Crippen LogP contribution in [0, 0.1) is 23.2 Å². The van der Waals surface area contributed by atoms with Gasteiger partial charge in [0.2, 0.25) is 0 Å². The van der Waals surface area contributed by atoms with Crippen LogP contribution in [0.1, 0.15) is 78.6 Å². The van der Waals surface area contributed by atoms with Crippen molar-refractivity contribution in [2.24, 2.45) is 23.2 Å². The lowest BCUT2D eigenvalue weighted by Gasteiger charge is -2.44. The largest absolute Gasteiger partial charge is 0.479 e. The van der Waals surface area contributed by atoms with Gasteiger partial charge in [0, 0.05) is 12.8 Å². The minimum atomic E-state index is -1.92. The average Bonchev–Trinajstić information content (AvgIpc) is 3.06. The SMILES string of the molecule is C=C1C(=CC=C2CCC[C@]3(C)[C@@H]([C@H](C)C[C@H](O)C[C@](C)(O)C(=O)O)CC[C@@H]23)C[C@H](O)C[C@H]1O. The number of aliphatic carboxylic acids is 1. The van der Waals surface area contributed by atoms with Crippen LogP contribution in [0.5, 0.6) is 0 Å². The van der Waals surface area contributed by atoms with Crippen molar-refractivity contribution >= 4 is 5.97 Å². The van der Waals surface area contributed by atoms with E-state index in [0.717, 1.165) is 37.7 Å². The second-order valence-electron chi connectivity index (χ2n) is 11.3. The molecule has 0 bridgehead atoms. The number of aliphatic hydroxyl groups excluding tert-OH is 3. The molecule has 5 N–H and O–H groups in total. The molecule has 0 heterocycles. The molecule has 0 spiro atoms. The van der Waals surface area contributed by atoms with Crippen molar-refractivity contribution in [2.45, 2.75) is 102 Å². The van der Waals surface area contributed by atoms with Crippen LogP contribution in [0.3, 0.4) is 0 Å². The lowest BCUT2D eigenvalue weighted by molar-refractivity contribution is -0.160. The molecule has 0 aliphatic heterocycles. The van der Waals surface area contributed by atoms with E-state index in [2.05, 4.69) is 26.5 Å². The molecule has 8 atom stereocenters. The summed E-state index contributed by atoms with van der Waals surface area (Å²) in [4.78, 5) is 11.2.